The van der Waals surface area contributed by atoms with Crippen LogP contribution in [0.4, 0.5) is 10.1 Å². The third kappa shape index (κ3) is 5.51. The zero-order valence-corrected chi connectivity index (χ0v) is 16.7. The molecule has 0 unspecified atom stereocenters. The SMILES string of the molecule is C=N/C=C1/C=C(c2cc(F)cc(NSC)c2)C(=NC[C@H](C)OC)NC1=NC. The summed E-state index contributed by atoms with van der Waals surface area (Å²) in [5, 5.41) is 3.21. The average molecular weight is 390 g/mol. The second kappa shape index (κ2) is 10.0. The lowest BCUT2D eigenvalue weighted by Gasteiger charge is -2.22. The molecule has 1 atom stereocenters. The highest BCUT2D eigenvalue weighted by atomic mass is 32.2. The summed E-state index contributed by atoms with van der Waals surface area (Å²) in [7, 11) is 3.31. The zero-order valence-electron chi connectivity index (χ0n) is 15.9. The maximum absolute atomic E-state index is 14.2. The van der Waals surface area contributed by atoms with Gasteiger partial charge in [-0.15, -0.1) is 0 Å². The molecule has 0 aliphatic carbocycles. The van der Waals surface area contributed by atoms with Crippen LogP contribution in [0.2, 0.25) is 0 Å². The Morgan fingerprint density at radius 2 is 2.15 bits per heavy atom. The van der Waals surface area contributed by atoms with Crippen molar-refractivity contribution in [3.8, 4) is 0 Å². The Bertz CT molecular complexity index is 816. The van der Waals surface area contributed by atoms with Crippen LogP contribution >= 0.6 is 11.9 Å². The summed E-state index contributed by atoms with van der Waals surface area (Å²) < 4.78 is 22.5. The smallest absolute Gasteiger partial charge is 0.135 e. The maximum atomic E-state index is 14.2. The van der Waals surface area contributed by atoms with E-state index < -0.39 is 0 Å². The van der Waals surface area contributed by atoms with Gasteiger partial charge in [0.1, 0.15) is 17.5 Å². The molecule has 1 aromatic carbocycles. The molecule has 0 spiro atoms. The highest BCUT2D eigenvalue weighted by Gasteiger charge is 2.21. The van der Waals surface area contributed by atoms with Crippen LogP contribution in [0.3, 0.4) is 0 Å². The molecule has 2 N–H and O–H groups in total. The minimum atomic E-state index is -0.336. The molecular formula is C19H24FN5OS. The van der Waals surface area contributed by atoms with Crippen LogP contribution in [0.15, 0.2) is 51.0 Å². The van der Waals surface area contributed by atoms with Gasteiger partial charge in [-0.2, -0.15) is 0 Å². The van der Waals surface area contributed by atoms with Crippen molar-refractivity contribution >= 4 is 41.6 Å². The van der Waals surface area contributed by atoms with Gasteiger partial charge < -0.3 is 14.8 Å². The molecule has 1 heterocycles. The normalized spacial score (nSPS) is 19.7. The number of benzene rings is 1. The molecular weight excluding hydrogens is 365 g/mol. The van der Waals surface area contributed by atoms with E-state index in [1.165, 1.54) is 24.1 Å². The largest absolute Gasteiger partial charge is 0.380 e. The Labute approximate surface area is 163 Å². The highest BCUT2D eigenvalue weighted by molar-refractivity contribution is 7.99. The number of halogens is 1. The lowest BCUT2D eigenvalue weighted by Crippen LogP contribution is -2.36. The van der Waals surface area contributed by atoms with Crippen molar-refractivity contribution in [3.63, 3.8) is 0 Å². The number of ether oxygens (including phenoxy) is 1. The standard InChI is InChI=1S/C19H24FN5OS/c1-12(26-4)10-23-19-17(8-14(11-21-2)18(22-3)24-19)13-6-15(20)9-16(7-13)25-27-5/h6-9,11-12,25H,2,10H2,1,3-5H3,(H,22,23,24)/b14-11-/t12-/m0/s1. The lowest BCUT2D eigenvalue weighted by atomic mass is 9.97. The second-order valence-corrected chi connectivity index (χ2v) is 6.40. The number of hydrogen-bond donors (Lipinski definition) is 2. The fraction of sp³-hybridized carbons (Fsp3) is 0.316. The van der Waals surface area contributed by atoms with Gasteiger partial charge in [0, 0.05) is 43.4 Å². The Morgan fingerprint density at radius 3 is 2.78 bits per heavy atom. The van der Waals surface area contributed by atoms with Crippen molar-refractivity contribution in [2.75, 3.05) is 31.7 Å². The number of aliphatic imine (C=N–C) groups is 3. The van der Waals surface area contributed by atoms with Crippen LogP contribution < -0.4 is 10.0 Å². The van der Waals surface area contributed by atoms with Gasteiger partial charge in [0.2, 0.25) is 0 Å². The van der Waals surface area contributed by atoms with Crippen LogP contribution in [0.1, 0.15) is 12.5 Å². The summed E-state index contributed by atoms with van der Waals surface area (Å²) >= 11 is 1.40. The van der Waals surface area contributed by atoms with E-state index in [2.05, 4.69) is 31.7 Å². The molecule has 0 saturated carbocycles. The van der Waals surface area contributed by atoms with E-state index in [0.717, 1.165) is 11.1 Å². The number of anilines is 1. The van der Waals surface area contributed by atoms with Crippen molar-refractivity contribution in [3.05, 3.63) is 47.4 Å². The Hall–Kier alpha value is -2.45. The minimum absolute atomic E-state index is 0.0458. The van der Waals surface area contributed by atoms with E-state index in [-0.39, 0.29) is 11.9 Å². The number of rotatable bonds is 7. The summed E-state index contributed by atoms with van der Waals surface area (Å²) in [6, 6.07) is 4.79. The predicted molar refractivity (Wildman–Crippen MR) is 114 cm³/mol. The van der Waals surface area contributed by atoms with Crippen molar-refractivity contribution in [1.29, 1.82) is 0 Å². The van der Waals surface area contributed by atoms with E-state index in [0.29, 0.717) is 29.5 Å². The Kier molecular flexibility index (Phi) is 7.75. The first-order valence-electron chi connectivity index (χ1n) is 8.31. The summed E-state index contributed by atoms with van der Waals surface area (Å²) in [4.78, 5) is 12.7. The fourth-order valence-electron chi connectivity index (χ4n) is 2.49. The molecule has 8 heteroatoms. The summed E-state index contributed by atoms with van der Waals surface area (Å²) in [6.07, 6.45) is 5.31. The lowest BCUT2D eigenvalue weighted by molar-refractivity contribution is 0.125. The molecule has 0 fully saturated rings. The Morgan fingerprint density at radius 1 is 1.37 bits per heavy atom. The van der Waals surface area contributed by atoms with Crippen LogP contribution in [0, 0.1) is 5.82 Å². The molecule has 0 bridgehead atoms. The first-order chi connectivity index (χ1) is 13.0. The van der Waals surface area contributed by atoms with Gasteiger partial charge in [0.15, 0.2) is 0 Å². The number of amidine groups is 2. The van der Waals surface area contributed by atoms with E-state index in [1.807, 2.05) is 25.3 Å². The first-order valence-corrected chi connectivity index (χ1v) is 9.54. The van der Waals surface area contributed by atoms with E-state index in [9.17, 15) is 4.39 Å². The van der Waals surface area contributed by atoms with E-state index in [1.54, 1.807) is 20.4 Å². The van der Waals surface area contributed by atoms with Crippen molar-refractivity contribution in [2.24, 2.45) is 15.0 Å². The molecule has 1 aromatic rings. The molecule has 0 aromatic heterocycles. The van der Waals surface area contributed by atoms with Gasteiger partial charge in [-0.05, 0) is 43.5 Å². The first kappa shape index (κ1) is 20.9. The van der Waals surface area contributed by atoms with Gasteiger partial charge in [-0.3, -0.25) is 15.0 Å². The molecule has 27 heavy (non-hydrogen) atoms. The van der Waals surface area contributed by atoms with Crippen LogP contribution in [-0.2, 0) is 4.74 Å². The summed E-state index contributed by atoms with van der Waals surface area (Å²) in [5.74, 6) is 0.882. The van der Waals surface area contributed by atoms with Gasteiger partial charge in [0.05, 0.1) is 12.6 Å². The van der Waals surface area contributed by atoms with E-state index >= 15 is 0 Å². The predicted octanol–water partition coefficient (Wildman–Crippen LogP) is 3.55. The number of nitrogens with zero attached hydrogens (tertiary/aromatic N) is 3. The molecule has 1 aliphatic heterocycles. The third-order valence-electron chi connectivity index (χ3n) is 3.86. The number of hydrogen-bond acceptors (Lipinski definition) is 6. The summed E-state index contributed by atoms with van der Waals surface area (Å²) in [5.41, 5.74) is 2.84. The molecule has 2 rings (SSSR count). The zero-order chi connectivity index (χ0) is 19.8. The number of nitrogens with one attached hydrogen (secondary N) is 2. The van der Waals surface area contributed by atoms with Gasteiger partial charge in [0.25, 0.3) is 0 Å². The number of methoxy groups -OCH3 is 1. The van der Waals surface area contributed by atoms with Crippen LogP contribution in [0.5, 0.6) is 0 Å². The van der Waals surface area contributed by atoms with Crippen LogP contribution in [-0.4, -0.2) is 51.5 Å². The highest BCUT2D eigenvalue weighted by Crippen LogP contribution is 2.27. The molecule has 1 aliphatic rings. The van der Waals surface area contributed by atoms with E-state index in [4.69, 9.17) is 4.74 Å². The quantitative estimate of drug-likeness (QED) is 0.553. The molecule has 0 saturated heterocycles. The van der Waals surface area contributed by atoms with Gasteiger partial charge in [-0.1, -0.05) is 11.9 Å². The van der Waals surface area contributed by atoms with Crippen molar-refractivity contribution in [2.45, 2.75) is 13.0 Å². The topological polar surface area (TPSA) is 70.4 Å². The van der Waals surface area contributed by atoms with Crippen molar-refractivity contribution < 1.29 is 9.13 Å². The second-order valence-electron chi connectivity index (χ2n) is 5.79. The van der Waals surface area contributed by atoms with Gasteiger partial charge in [-0.25, -0.2) is 4.39 Å². The van der Waals surface area contributed by atoms with Gasteiger partial charge >= 0.3 is 0 Å². The maximum Gasteiger partial charge on any atom is 0.135 e. The Balaban J connectivity index is 2.58. The monoisotopic (exact) mass is 389 g/mol. The minimum Gasteiger partial charge on any atom is -0.380 e. The average Bonchev–Trinajstić information content (AvgIpc) is 2.66. The fourth-order valence-corrected chi connectivity index (χ4v) is 2.84. The molecule has 0 radical (unpaired) electrons. The summed E-state index contributed by atoms with van der Waals surface area (Å²) in [6.45, 7) is 5.89. The third-order valence-corrected chi connectivity index (χ3v) is 4.30. The molecule has 0 amide bonds. The molecule has 6 nitrogen and oxygen atoms in total. The molecule has 144 valence electrons. The van der Waals surface area contributed by atoms with Crippen molar-refractivity contribution in [1.82, 2.24) is 5.32 Å². The van der Waals surface area contributed by atoms with Crippen LogP contribution in [0.25, 0.3) is 5.57 Å².